The van der Waals surface area contributed by atoms with Gasteiger partial charge in [-0.3, -0.25) is 23.2 Å². The second-order valence-corrected chi connectivity index (χ2v) is 26.7. The summed E-state index contributed by atoms with van der Waals surface area (Å²) in [6.07, 6.45) is 29.1. The smallest absolute Gasteiger partial charge is 0.462 e. The highest BCUT2D eigenvalue weighted by Crippen LogP contribution is 2.45. The van der Waals surface area contributed by atoms with Crippen molar-refractivity contribution in [3.63, 3.8) is 0 Å². The van der Waals surface area contributed by atoms with Crippen LogP contribution < -0.4 is 19.6 Å². The molecule has 0 aromatic heterocycles. The first-order chi connectivity index (χ1) is 40.4. The summed E-state index contributed by atoms with van der Waals surface area (Å²) >= 11 is 0. The van der Waals surface area contributed by atoms with Crippen LogP contribution in [0.15, 0.2) is 68.8 Å². The topological polar surface area (TPSA) is 228 Å². The van der Waals surface area contributed by atoms with E-state index in [1.165, 1.54) is 121 Å². The maximum absolute atomic E-state index is 13.7. The fourth-order valence-corrected chi connectivity index (χ4v) is 13.2. The number of hydrogen-bond donors (Lipinski definition) is 3. The van der Waals surface area contributed by atoms with Gasteiger partial charge < -0.3 is 23.7 Å². The summed E-state index contributed by atoms with van der Waals surface area (Å²) in [5, 5.41) is 1.40. The summed E-state index contributed by atoms with van der Waals surface area (Å²) in [6, 6.07) is 14.5. The Bertz CT molecular complexity index is 2890. The Kier molecular flexibility index (Phi) is 34.0. The third-order valence-electron chi connectivity index (χ3n) is 15.5. The zero-order valence-corrected chi connectivity index (χ0v) is 54.2. The molecular weight excluding hydrogens is 1130 g/mol. The third kappa shape index (κ3) is 26.0. The van der Waals surface area contributed by atoms with Gasteiger partial charge in [0.05, 0.1) is 24.2 Å². The molecule has 474 valence electrons. The van der Waals surface area contributed by atoms with Crippen molar-refractivity contribution >= 4 is 56.6 Å². The van der Waals surface area contributed by atoms with Crippen LogP contribution in [0.4, 0.5) is 5.69 Å². The van der Waals surface area contributed by atoms with E-state index >= 15 is 0 Å². The predicted octanol–water partition coefficient (Wildman–Crippen LogP) is 14.9. The number of sulfonamides is 1. The quantitative estimate of drug-likeness (QED) is 0.00933. The minimum absolute atomic E-state index is 0.0308. The third-order valence-corrected chi connectivity index (χ3v) is 18.9. The van der Waals surface area contributed by atoms with E-state index in [2.05, 4.69) is 28.0 Å². The zero-order chi connectivity index (χ0) is 61.2. The van der Waals surface area contributed by atoms with E-state index in [0.717, 1.165) is 88.2 Å². The lowest BCUT2D eigenvalue weighted by Gasteiger charge is -2.22. The number of carbonyl (C=O) groups is 2. The van der Waals surface area contributed by atoms with Crippen molar-refractivity contribution in [1.82, 2.24) is 9.30 Å². The van der Waals surface area contributed by atoms with E-state index < -0.39 is 82.2 Å². The molecule has 4 rings (SSSR count). The molecule has 3 N–H and O–H groups in total. The largest absolute Gasteiger partial charge is 0.472 e. The number of esters is 2. The van der Waals surface area contributed by atoms with Crippen LogP contribution in [0.25, 0.3) is 33.4 Å². The van der Waals surface area contributed by atoms with Crippen molar-refractivity contribution in [1.29, 1.82) is 0 Å². The molecule has 1 aliphatic heterocycles. The molecule has 2 aromatic carbocycles. The number of unbranched alkanes of at least 4 members (excludes halogenated alkanes) is 24. The van der Waals surface area contributed by atoms with Gasteiger partial charge in [-0.15, -0.1) is 0 Å². The maximum atomic E-state index is 13.7. The maximum Gasteiger partial charge on any atom is 0.472 e. The Morgan fingerprint density at radius 1 is 0.619 bits per heavy atom. The van der Waals surface area contributed by atoms with E-state index in [9.17, 15) is 40.4 Å². The van der Waals surface area contributed by atoms with E-state index in [4.69, 9.17) is 22.9 Å². The average Bonchev–Trinajstić information content (AvgIpc) is 1.60. The predicted molar refractivity (Wildman–Crippen MR) is 336 cm³/mol. The summed E-state index contributed by atoms with van der Waals surface area (Å²) in [6.45, 7) is 13.2. The lowest BCUT2D eigenvalue weighted by molar-refractivity contribution is -0.161. The normalized spacial score (nSPS) is 13.1. The van der Waals surface area contributed by atoms with Crippen LogP contribution in [0.2, 0.25) is 0 Å². The molecule has 20 heteroatoms. The van der Waals surface area contributed by atoms with Gasteiger partial charge in [0, 0.05) is 72.4 Å². The van der Waals surface area contributed by atoms with Gasteiger partial charge in [-0.05, 0) is 70.9 Å². The molecule has 0 amide bonds. The summed E-state index contributed by atoms with van der Waals surface area (Å²) in [5.41, 5.74) is 2.28. The second kappa shape index (κ2) is 39.6. The number of nitrogens with one attached hydrogen (secondary N) is 1. The Morgan fingerprint density at radius 2 is 1.13 bits per heavy atom. The van der Waals surface area contributed by atoms with E-state index in [1.807, 2.05) is 64.1 Å². The van der Waals surface area contributed by atoms with Crippen molar-refractivity contribution in [3.05, 3.63) is 60.0 Å². The monoisotopic (exact) mass is 1230 g/mol. The van der Waals surface area contributed by atoms with Crippen molar-refractivity contribution in [2.45, 2.75) is 237 Å². The number of ether oxygens (including phenoxy) is 2. The first-order valence-corrected chi connectivity index (χ1v) is 36.3. The lowest BCUT2D eigenvalue weighted by atomic mass is 9.93. The molecule has 0 saturated heterocycles. The van der Waals surface area contributed by atoms with Crippen molar-refractivity contribution in [3.8, 4) is 22.5 Å². The Morgan fingerprint density at radius 3 is 1.64 bits per heavy atom. The first-order valence-electron chi connectivity index (χ1n) is 31.8. The van der Waals surface area contributed by atoms with Crippen LogP contribution in [-0.4, -0.2) is 96.9 Å². The van der Waals surface area contributed by atoms with E-state index in [1.54, 1.807) is 0 Å². The van der Waals surface area contributed by atoms with Gasteiger partial charge in [-0.1, -0.05) is 174 Å². The summed E-state index contributed by atoms with van der Waals surface area (Å²) < 4.78 is 110. The minimum Gasteiger partial charge on any atom is -0.462 e. The Hall–Kier alpha value is -4.20. The summed E-state index contributed by atoms with van der Waals surface area (Å²) in [4.78, 5) is 37.5. The molecule has 2 unspecified atom stereocenters. The molecule has 0 radical (unpaired) electrons. The molecule has 1 heterocycles. The van der Waals surface area contributed by atoms with Crippen LogP contribution in [-0.2, 0) is 52.8 Å². The summed E-state index contributed by atoms with van der Waals surface area (Å²) in [7, 11) is -14.5. The lowest BCUT2D eigenvalue weighted by Crippen LogP contribution is -2.30. The number of benzene rings is 3. The van der Waals surface area contributed by atoms with Crippen molar-refractivity contribution < 1.29 is 63.4 Å². The first kappa shape index (κ1) is 72.3. The van der Waals surface area contributed by atoms with Crippen LogP contribution in [0.3, 0.4) is 0 Å². The minimum atomic E-state index is -5.07. The average molecular weight is 1230 g/mol. The molecule has 1 aliphatic carbocycles. The van der Waals surface area contributed by atoms with Crippen LogP contribution in [0, 0.1) is 0 Å². The highest BCUT2D eigenvalue weighted by atomic mass is 32.2. The highest BCUT2D eigenvalue weighted by Gasteiger charge is 2.29. The zero-order valence-electron chi connectivity index (χ0n) is 51.7. The van der Waals surface area contributed by atoms with E-state index in [-0.39, 0.29) is 18.4 Å². The Labute approximate surface area is 503 Å². The van der Waals surface area contributed by atoms with Crippen LogP contribution >= 0.6 is 7.82 Å². The number of phosphoric acid groups is 1. The van der Waals surface area contributed by atoms with E-state index in [0.29, 0.717) is 40.7 Å². The van der Waals surface area contributed by atoms with Gasteiger partial charge in [0.1, 0.15) is 35.9 Å². The molecule has 0 saturated carbocycles. The van der Waals surface area contributed by atoms with Gasteiger partial charge in [0.2, 0.25) is 15.4 Å². The fraction of sp³-hybridized carbons (Fsp3) is 0.672. The number of phosphoric ester groups is 1. The molecule has 0 spiro atoms. The second-order valence-electron chi connectivity index (χ2n) is 22.1. The van der Waals surface area contributed by atoms with Crippen LogP contribution in [0.5, 0.6) is 0 Å². The molecule has 0 bridgehead atoms. The molecule has 2 aromatic rings. The fourth-order valence-electron chi connectivity index (χ4n) is 10.6. The van der Waals surface area contributed by atoms with Crippen LogP contribution in [0.1, 0.15) is 221 Å². The number of nitrogens with zero attached hydrogens (tertiary/aromatic N) is 2. The van der Waals surface area contributed by atoms with Gasteiger partial charge >= 0.3 is 19.8 Å². The molecule has 2 atom stereocenters. The molecule has 0 fully saturated rings. The standard InChI is InChI=1S/C64H102N3O14PS2/c1-7-13-15-17-19-21-23-25-27-29-31-33-35-37-62(68)77-50-54(80-63(69)38-36-34-32-30-28-26-24-22-20-18-16-14-8-2)51-79-82(70,71)78-46-45-65-83(72,73)55-41-44-58(61(49-55)84(74,75)76)64-56-42-39-52(66(9-3)10-4)47-59(56)81-60-48-53(40-43-57(60)64)67(11-5)12-6/h39-44,47-49,54,65H,7-38,45-46,50-51H2,1-6H3,(H-,70,71,74,75,76)/p+1. The number of rotatable bonds is 47. The SMILES string of the molecule is CCCCCCCCCCCCCCCC(=O)OCC(COP(=O)(O)OCCNS(=O)(=O)c1ccc(-c2c3ccc(=[N+](CC)CC)cc-3oc3cc(N(CC)CC)ccc23)c(S(=O)(=O)O)c1)OC(=O)CCCCCCCCCCCCCCC. The number of fused-ring (bicyclic) bond motifs is 2. The number of anilines is 1. The summed E-state index contributed by atoms with van der Waals surface area (Å²) in [5.74, 6) is -0.613. The highest BCUT2D eigenvalue weighted by molar-refractivity contribution is 7.89. The Balaban J connectivity index is 1.38. The molecule has 17 nitrogen and oxygen atoms in total. The van der Waals surface area contributed by atoms with Gasteiger partial charge in [-0.2, -0.15) is 8.42 Å². The molecule has 84 heavy (non-hydrogen) atoms. The number of carbonyl (C=O) groups excluding carboxylic acids is 2. The van der Waals surface area contributed by atoms with Crippen molar-refractivity contribution in [2.24, 2.45) is 0 Å². The van der Waals surface area contributed by atoms with Gasteiger partial charge in [-0.25, -0.2) is 22.3 Å². The van der Waals surface area contributed by atoms with Gasteiger partial charge in [0.15, 0.2) is 6.10 Å². The van der Waals surface area contributed by atoms with Gasteiger partial charge in [0.25, 0.3) is 10.1 Å². The molecule has 2 aliphatic rings. The van der Waals surface area contributed by atoms with Crippen molar-refractivity contribution in [2.75, 3.05) is 57.4 Å². The number of hydrogen-bond acceptors (Lipinski definition) is 13. The molecular formula is C64H103N3O14PS2+.